The summed E-state index contributed by atoms with van der Waals surface area (Å²) in [4.78, 5) is 15.2. The number of unbranched alkanes of at least 4 members (excludes halogenated alkanes) is 4. The topological polar surface area (TPSA) is 73.1 Å². The summed E-state index contributed by atoms with van der Waals surface area (Å²) >= 11 is 0. The van der Waals surface area contributed by atoms with Gasteiger partial charge < -0.3 is 14.1 Å². The highest BCUT2D eigenvalue weighted by Gasteiger charge is 2.10. The minimum Gasteiger partial charge on any atom is -0.497 e. The molecule has 0 radical (unpaired) electrons. The Bertz CT molecular complexity index is 891. The zero-order valence-corrected chi connectivity index (χ0v) is 15.6. The summed E-state index contributed by atoms with van der Waals surface area (Å²) in [5, 5.41) is 5.47. The van der Waals surface area contributed by atoms with E-state index in [-0.39, 0.29) is 5.76 Å². The first kappa shape index (κ1) is 18.3. The van der Waals surface area contributed by atoms with E-state index in [0.717, 1.165) is 41.5 Å². The lowest BCUT2D eigenvalue weighted by Crippen LogP contribution is -2.15. The van der Waals surface area contributed by atoms with Crippen molar-refractivity contribution in [3.63, 3.8) is 0 Å². The Kier molecular flexibility index (Phi) is 6.15. The number of fused-ring (bicyclic) bond motifs is 1. The summed E-state index contributed by atoms with van der Waals surface area (Å²) in [6.45, 7) is 2.83. The lowest BCUT2D eigenvalue weighted by atomic mass is 10.1. The van der Waals surface area contributed by atoms with Gasteiger partial charge in [0.15, 0.2) is 0 Å². The molecule has 140 valence electrons. The number of aromatic amines is 1. The average molecular weight is 357 g/mol. The van der Waals surface area contributed by atoms with Crippen LogP contribution >= 0.6 is 0 Å². The van der Waals surface area contributed by atoms with Gasteiger partial charge in [-0.05, 0) is 36.6 Å². The Morgan fingerprint density at radius 1 is 1.19 bits per heavy atom. The van der Waals surface area contributed by atoms with Gasteiger partial charge in [-0.15, -0.1) is 5.10 Å². The summed E-state index contributed by atoms with van der Waals surface area (Å²) in [5.74, 6) is 0.981. The second-order valence-corrected chi connectivity index (χ2v) is 6.62. The second-order valence-electron chi connectivity index (χ2n) is 6.62. The number of aromatic nitrogens is 3. The fourth-order valence-electron chi connectivity index (χ4n) is 3.19. The smallest absolute Gasteiger partial charge is 0.437 e. The summed E-state index contributed by atoms with van der Waals surface area (Å²) in [5.41, 5.74) is 2.23. The molecule has 0 saturated heterocycles. The zero-order chi connectivity index (χ0) is 18.4. The van der Waals surface area contributed by atoms with Gasteiger partial charge in [0.1, 0.15) is 5.75 Å². The van der Waals surface area contributed by atoms with E-state index in [1.54, 1.807) is 7.11 Å². The Hall–Kier alpha value is -2.50. The van der Waals surface area contributed by atoms with Crippen LogP contribution in [0.3, 0.4) is 0 Å². The minimum absolute atomic E-state index is 0.351. The molecule has 6 heteroatoms. The van der Waals surface area contributed by atoms with Gasteiger partial charge in [0.05, 0.1) is 7.11 Å². The molecule has 3 aromatic rings. The van der Waals surface area contributed by atoms with Crippen LogP contribution in [0.1, 0.15) is 50.5 Å². The maximum absolute atomic E-state index is 11.9. The van der Waals surface area contributed by atoms with Crippen molar-refractivity contribution in [1.82, 2.24) is 14.8 Å². The van der Waals surface area contributed by atoms with Gasteiger partial charge in [-0.2, -0.15) is 4.68 Å². The lowest BCUT2D eigenvalue weighted by Gasteiger charge is -2.01. The number of nitrogens with zero attached hydrogens (tertiary/aromatic N) is 2. The first-order valence-corrected chi connectivity index (χ1v) is 9.42. The number of benzene rings is 1. The molecular formula is C20H27N3O3. The maximum Gasteiger partial charge on any atom is 0.437 e. The third kappa shape index (κ3) is 4.36. The molecule has 1 N–H and O–H groups in total. The predicted molar refractivity (Wildman–Crippen MR) is 102 cm³/mol. The van der Waals surface area contributed by atoms with Crippen molar-refractivity contribution in [2.45, 2.75) is 58.4 Å². The molecule has 0 bridgehead atoms. The van der Waals surface area contributed by atoms with Crippen LogP contribution in [0.4, 0.5) is 0 Å². The van der Waals surface area contributed by atoms with Crippen LogP contribution in [-0.4, -0.2) is 21.9 Å². The third-order valence-corrected chi connectivity index (χ3v) is 4.70. The van der Waals surface area contributed by atoms with Crippen molar-refractivity contribution in [3.05, 3.63) is 46.4 Å². The summed E-state index contributed by atoms with van der Waals surface area (Å²) in [6, 6.07) is 5.96. The first-order valence-electron chi connectivity index (χ1n) is 9.42. The van der Waals surface area contributed by atoms with E-state index >= 15 is 0 Å². The van der Waals surface area contributed by atoms with Crippen molar-refractivity contribution in [2.24, 2.45) is 0 Å². The molecule has 2 heterocycles. The van der Waals surface area contributed by atoms with Gasteiger partial charge in [0.25, 0.3) is 0 Å². The Labute approximate surface area is 153 Å². The number of aryl methyl sites for hydroxylation is 3. The largest absolute Gasteiger partial charge is 0.497 e. The zero-order valence-electron chi connectivity index (χ0n) is 15.6. The van der Waals surface area contributed by atoms with Crippen LogP contribution < -0.4 is 10.5 Å². The number of H-pyrrole nitrogens is 1. The monoisotopic (exact) mass is 357 g/mol. The van der Waals surface area contributed by atoms with Gasteiger partial charge in [0, 0.05) is 30.1 Å². The van der Waals surface area contributed by atoms with Crippen molar-refractivity contribution in [1.29, 1.82) is 0 Å². The normalized spacial score (nSPS) is 11.3. The van der Waals surface area contributed by atoms with E-state index in [9.17, 15) is 4.79 Å². The average Bonchev–Trinajstić information content (AvgIpc) is 3.22. The van der Waals surface area contributed by atoms with E-state index in [1.165, 1.54) is 23.9 Å². The number of nitrogens with one attached hydrogen (secondary N) is 1. The number of rotatable bonds is 10. The second kappa shape index (κ2) is 8.74. The standard InChI is InChI=1S/C20H27N3O3/c1-3-4-5-6-7-12-23-20(24)26-19(22-23)11-8-15-14-21-18-10-9-16(25-2)13-17(15)18/h9-10,13-14,21H,3-8,11-12H2,1-2H3. The fraction of sp³-hybridized carbons (Fsp3) is 0.500. The Balaban J connectivity index is 1.60. The molecule has 1 aromatic carbocycles. The molecular weight excluding hydrogens is 330 g/mol. The molecule has 0 amide bonds. The third-order valence-electron chi connectivity index (χ3n) is 4.70. The SMILES string of the molecule is CCCCCCCn1nc(CCc2c[nH]c3ccc(OC)cc23)oc1=O. The number of ether oxygens (including phenoxy) is 1. The van der Waals surface area contributed by atoms with E-state index in [2.05, 4.69) is 17.0 Å². The Morgan fingerprint density at radius 2 is 2.04 bits per heavy atom. The summed E-state index contributed by atoms with van der Waals surface area (Å²) < 4.78 is 12.1. The van der Waals surface area contributed by atoms with E-state index in [0.29, 0.717) is 18.9 Å². The van der Waals surface area contributed by atoms with E-state index in [1.807, 2.05) is 24.4 Å². The van der Waals surface area contributed by atoms with Crippen molar-refractivity contribution in [3.8, 4) is 5.75 Å². The summed E-state index contributed by atoms with van der Waals surface area (Å²) in [7, 11) is 1.66. The van der Waals surface area contributed by atoms with Gasteiger partial charge in [0.2, 0.25) is 5.89 Å². The lowest BCUT2D eigenvalue weighted by molar-refractivity contribution is 0.415. The molecule has 0 atom stereocenters. The molecule has 0 aliphatic rings. The number of hydrogen-bond acceptors (Lipinski definition) is 4. The number of hydrogen-bond donors (Lipinski definition) is 1. The molecule has 26 heavy (non-hydrogen) atoms. The van der Waals surface area contributed by atoms with Gasteiger partial charge in [-0.25, -0.2) is 4.79 Å². The molecule has 0 aliphatic carbocycles. The van der Waals surface area contributed by atoms with Crippen molar-refractivity contribution >= 4 is 10.9 Å². The molecule has 0 fully saturated rings. The highest BCUT2D eigenvalue weighted by Crippen LogP contribution is 2.24. The highest BCUT2D eigenvalue weighted by molar-refractivity contribution is 5.84. The highest BCUT2D eigenvalue weighted by atomic mass is 16.5. The van der Waals surface area contributed by atoms with Gasteiger partial charge in [-0.1, -0.05) is 32.6 Å². The molecule has 0 spiro atoms. The quantitative estimate of drug-likeness (QED) is 0.555. The van der Waals surface area contributed by atoms with Gasteiger partial charge in [-0.3, -0.25) is 0 Å². The molecule has 0 unspecified atom stereocenters. The molecule has 0 saturated carbocycles. The van der Waals surface area contributed by atoms with Crippen LogP contribution in [-0.2, 0) is 19.4 Å². The molecule has 0 aliphatic heterocycles. The van der Waals surface area contributed by atoms with Crippen LogP contribution in [0, 0.1) is 0 Å². The van der Waals surface area contributed by atoms with Crippen molar-refractivity contribution in [2.75, 3.05) is 7.11 Å². The fourth-order valence-corrected chi connectivity index (χ4v) is 3.19. The molecule has 2 aromatic heterocycles. The van der Waals surface area contributed by atoms with Crippen molar-refractivity contribution < 1.29 is 9.15 Å². The van der Waals surface area contributed by atoms with E-state index < -0.39 is 0 Å². The minimum atomic E-state index is -0.351. The van der Waals surface area contributed by atoms with Crippen LogP contribution in [0.2, 0.25) is 0 Å². The van der Waals surface area contributed by atoms with Gasteiger partial charge >= 0.3 is 5.76 Å². The number of methoxy groups -OCH3 is 1. The van der Waals surface area contributed by atoms with Crippen LogP contribution in [0.5, 0.6) is 5.75 Å². The van der Waals surface area contributed by atoms with E-state index in [4.69, 9.17) is 9.15 Å². The van der Waals surface area contributed by atoms with Crippen LogP contribution in [0.25, 0.3) is 10.9 Å². The summed E-state index contributed by atoms with van der Waals surface area (Å²) in [6.07, 6.45) is 9.11. The maximum atomic E-state index is 11.9. The predicted octanol–water partition coefficient (Wildman–Crippen LogP) is 4.08. The first-order chi connectivity index (χ1) is 12.7. The van der Waals surface area contributed by atoms with Crippen LogP contribution in [0.15, 0.2) is 33.6 Å². The Morgan fingerprint density at radius 3 is 2.85 bits per heavy atom. The molecule has 6 nitrogen and oxygen atoms in total. The molecule has 3 rings (SSSR count).